The Labute approximate surface area is 132 Å². The van der Waals surface area contributed by atoms with Crippen molar-refractivity contribution in [3.05, 3.63) is 82.2 Å². The van der Waals surface area contributed by atoms with Gasteiger partial charge in [-0.25, -0.2) is 0 Å². The van der Waals surface area contributed by atoms with E-state index < -0.39 is 7.38 Å². The van der Waals surface area contributed by atoms with Gasteiger partial charge in [0.2, 0.25) is 7.38 Å². The largest absolute Gasteiger partial charge is 0.207 e. The Kier molecular flexibility index (Phi) is 3.64. The Morgan fingerprint density at radius 1 is 0.667 bits per heavy atom. The summed E-state index contributed by atoms with van der Waals surface area (Å²) in [6.07, 6.45) is 0. The van der Waals surface area contributed by atoms with Crippen LogP contribution in [0.4, 0.5) is 0 Å². The van der Waals surface area contributed by atoms with Crippen LogP contribution in [0.3, 0.4) is 0 Å². The van der Waals surface area contributed by atoms with Crippen LogP contribution in [0.5, 0.6) is 0 Å². The second-order valence-electron chi connectivity index (χ2n) is 5.74. The van der Waals surface area contributed by atoms with Gasteiger partial charge in [-0.3, -0.25) is 0 Å². The molecule has 0 amide bonds. The average molecular weight is 311 g/mol. The lowest BCUT2D eigenvalue weighted by atomic mass is 9.92. The first kappa shape index (κ1) is 14.4. The van der Waals surface area contributed by atoms with Gasteiger partial charge in [0.25, 0.3) is 0 Å². The van der Waals surface area contributed by atoms with Crippen LogP contribution in [0.15, 0.2) is 71.1 Å². The summed E-state index contributed by atoms with van der Waals surface area (Å²) in [5.74, 6) is 0. The van der Waals surface area contributed by atoms with Gasteiger partial charge in [0, 0.05) is 0 Å². The molecular formula is C19H19ClSi. The lowest BCUT2D eigenvalue weighted by molar-refractivity contribution is 1.55. The summed E-state index contributed by atoms with van der Waals surface area (Å²) in [7, 11) is -2.01. The fourth-order valence-electron chi connectivity index (χ4n) is 3.06. The van der Waals surface area contributed by atoms with Crippen LogP contribution >= 0.6 is 11.1 Å². The van der Waals surface area contributed by atoms with Crippen LogP contribution in [0.2, 0.25) is 6.55 Å². The topological polar surface area (TPSA) is 0 Å². The van der Waals surface area contributed by atoms with Crippen molar-refractivity contribution in [2.24, 2.45) is 0 Å². The van der Waals surface area contributed by atoms with E-state index in [-0.39, 0.29) is 0 Å². The first-order chi connectivity index (χ1) is 10.0. The van der Waals surface area contributed by atoms with Gasteiger partial charge < -0.3 is 0 Å². The van der Waals surface area contributed by atoms with Crippen LogP contribution in [0.25, 0.3) is 11.1 Å². The third-order valence-corrected chi connectivity index (χ3v) is 9.55. The molecule has 0 atom stereocenters. The van der Waals surface area contributed by atoms with Gasteiger partial charge in [-0.15, -0.1) is 0 Å². The maximum atomic E-state index is 6.98. The number of benzene rings is 2. The first-order valence-corrected chi connectivity index (χ1v) is 10.8. The Morgan fingerprint density at radius 3 is 1.33 bits per heavy atom. The summed E-state index contributed by atoms with van der Waals surface area (Å²) in [6, 6.07) is 21.2. The molecule has 0 bridgehead atoms. The third-order valence-electron chi connectivity index (χ3n) is 4.53. The van der Waals surface area contributed by atoms with Gasteiger partial charge in [-0.1, -0.05) is 71.1 Å². The number of allylic oxidation sites excluding steroid dienone is 4. The summed E-state index contributed by atoms with van der Waals surface area (Å²) < 4.78 is 0. The molecule has 106 valence electrons. The zero-order valence-electron chi connectivity index (χ0n) is 12.7. The molecule has 2 heteroatoms. The van der Waals surface area contributed by atoms with Gasteiger partial charge in [0.1, 0.15) is 0 Å². The normalized spacial score (nSPS) is 17.5. The van der Waals surface area contributed by atoms with Gasteiger partial charge in [-0.05, 0) is 42.7 Å². The number of hydrogen-bond acceptors (Lipinski definition) is 0. The Morgan fingerprint density at radius 2 is 1.00 bits per heavy atom. The van der Waals surface area contributed by atoms with E-state index in [4.69, 9.17) is 11.1 Å². The van der Waals surface area contributed by atoms with Crippen molar-refractivity contribution in [1.82, 2.24) is 0 Å². The monoisotopic (exact) mass is 310 g/mol. The third kappa shape index (κ3) is 2.31. The highest BCUT2D eigenvalue weighted by Gasteiger charge is 2.40. The van der Waals surface area contributed by atoms with E-state index >= 15 is 0 Å². The fraction of sp³-hybridized carbons (Fsp3) is 0.158. The zero-order valence-corrected chi connectivity index (χ0v) is 14.4. The second-order valence-corrected chi connectivity index (χ2v) is 11.5. The Hall–Kier alpha value is -1.57. The highest BCUT2D eigenvalue weighted by molar-refractivity contribution is 7.29. The minimum absolute atomic E-state index is 1.27. The van der Waals surface area contributed by atoms with Crippen molar-refractivity contribution < 1.29 is 0 Å². The van der Waals surface area contributed by atoms with Crippen LogP contribution in [0.1, 0.15) is 25.0 Å². The number of hydrogen-bond donors (Lipinski definition) is 0. The van der Waals surface area contributed by atoms with Crippen LogP contribution in [-0.4, -0.2) is 7.38 Å². The van der Waals surface area contributed by atoms with Gasteiger partial charge in [0.05, 0.1) is 0 Å². The van der Waals surface area contributed by atoms with Crippen molar-refractivity contribution in [2.75, 3.05) is 0 Å². The van der Waals surface area contributed by atoms with Crippen LogP contribution < -0.4 is 0 Å². The SMILES string of the molecule is CC1=C(c2ccccc2)C(c2ccccc2)=C(C)[Si]1(C)Cl. The molecule has 0 unspecified atom stereocenters. The van der Waals surface area contributed by atoms with E-state index in [2.05, 4.69) is 81.1 Å². The minimum atomic E-state index is -2.01. The molecule has 21 heavy (non-hydrogen) atoms. The molecule has 0 aliphatic carbocycles. The van der Waals surface area contributed by atoms with Crippen molar-refractivity contribution >= 4 is 29.6 Å². The molecule has 0 N–H and O–H groups in total. The molecule has 1 aliphatic heterocycles. The van der Waals surface area contributed by atoms with Crippen LogP contribution in [-0.2, 0) is 0 Å². The summed E-state index contributed by atoms with van der Waals surface area (Å²) in [4.78, 5) is 0. The Balaban J connectivity index is 2.27. The molecule has 1 aliphatic rings. The van der Waals surface area contributed by atoms with E-state index in [0.717, 1.165) is 0 Å². The van der Waals surface area contributed by atoms with E-state index in [0.29, 0.717) is 0 Å². The molecule has 2 aromatic rings. The van der Waals surface area contributed by atoms with Crippen molar-refractivity contribution in [2.45, 2.75) is 20.4 Å². The van der Waals surface area contributed by atoms with Gasteiger partial charge >= 0.3 is 0 Å². The van der Waals surface area contributed by atoms with Crippen molar-refractivity contribution in [3.63, 3.8) is 0 Å². The van der Waals surface area contributed by atoms with Crippen molar-refractivity contribution in [1.29, 1.82) is 0 Å². The zero-order chi connectivity index (χ0) is 15.0. The molecule has 0 saturated carbocycles. The summed E-state index contributed by atoms with van der Waals surface area (Å²) in [6.45, 7) is 6.65. The smallest absolute Gasteiger partial charge is 0.156 e. The highest BCUT2D eigenvalue weighted by atomic mass is 35.6. The molecule has 0 spiro atoms. The minimum Gasteiger partial charge on any atom is -0.156 e. The van der Waals surface area contributed by atoms with E-state index in [1.165, 1.54) is 32.7 Å². The van der Waals surface area contributed by atoms with E-state index in [9.17, 15) is 0 Å². The predicted octanol–water partition coefficient (Wildman–Crippen LogP) is 5.84. The van der Waals surface area contributed by atoms with Gasteiger partial charge in [-0.2, -0.15) is 11.1 Å². The number of rotatable bonds is 2. The number of halogens is 1. The molecule has 0 saturated heterocycles. The first-order valence-electron chi connectivity index (χ1n) is 7.26. The maximum Gasteiger partial charge on any atom is 0.207 e. The summed E-state index contributed by atoms with van der Waals surface area (Å²) in [5.41, 5.74) is 5.21. The predicted molar refractivity (Wildman–Crippen MR) is 95.5 cm³/mol. The quantitative estimate of drug-likeness (QED) is 0.483. The van der Waals surface area contributed by atoms with E-state index in [1.54, 1.807) is 0 Å². The molecule has 1 heterocycles. The maximum absolute atomic E-state index is 6.98. The fourth-order valence-corrected chi connectivity index (χ4v) is 5.66. The van der Waals surface area contributed by atoms with E-state index in [1.807, 2.05) is 0 Å². The Bertz CT molecular complexity index is 661. The molecule has 0 radical (unpaired) electrons. The molecule has 0 fully saturated rings. The summed E-state index contributed by atoms with van der Waals surface area (Å²) >= 11 is 6.98. The standard InChI is InChI=1S/C19H19ClSi/c1-14-18(16-10-6-4-7-11-16)19(15(2)21(14,3)20)17-12-8-5-9-13-17/h4-13H,1-3H3. The molecule has 0 nitrogen and oxygen atoms in total. The average Bonchev–Trinajstić information content (AvgIpc) is 2.69. The molecular weight excluding hydrogens is 292 g/mol. The van der Waals surface area contributed by atoms with Gasteiger partial charge in [0.15, 0.2) is 0 Å². The lowest BCUT2D eigenvalue weighted by Crippen LogP contribution is -2.24. The second kappa shape index (κ2) is 5.32. The highest BCUT2D eigenvalue weighted by Crippen LogP contribution is 2.49. The summed E-state index contributed by atoms with van der Waals surface area (Å²) in [5, 5.41) is 2.73. The molecule has 3 rings (SSSR count). The molecule has 2 aromatic carbocycles. The van der Waals surface area contributed by atoms with Crippen molar-refractivity contribution in [3.8, 4) is 0 Å². The lowest BCUT2D eigenvalue weighted by Gasteiger charge is -2.16. The van der Waals surface area contributed by atoms with Crippen LogP contribution in [0, 0.1) is 0 Å². The molecule has 0 aromatic heterocycles.